The molecule has 0 aromatic carbocycles. The first kappa shape index (κ1) is 10.1. The Morgan fingerprint density at radius 3 is 3.00 bits per heavy atom. The normalized spacial score (nSPS) is 17.0. The van der Waals surface area contributed by atoms with E-state index in [4.69, 9.17) is 4.42 Å². The summed E-state index contributed by atoms with van der Waals surface area (Å²) >= 11 is 3.45. The third-order valence-electron chi connectivity index (χ3n) is 3.38. The largest absolute Gasteiger partial charge is 0.453 e. The lowest BCUT2D eigenvalue weighted by Gasteiger charge is -2.28. The maximum Gasteiger partial charge on any atom is 0.172 e. The van der Waals surface area contributed by atoms with E-state index in [0.717, 1.165) is 28.1 Å². The zero-order chi connectivity index (χ0) is 11.5. The van der Waals surface area contributed by atoms with Crippen LogP contribution in [-0.2, 0) is 11.8 Å². The molecular weight excluding hydrogens is 268 g/mol. The van der Waals surface area contributed by atoms with E-state index in [9.17, 15) is 0 Å². The van der Waals surface area contributed by atoms with Crippen LogP contribution in [0.3, 0.4) is 0 Å². The highest BCUT2D eigenvalue weighted by Crippen LogP contribution is 2.46. The van der Waals surface area contributed by atoms with Gasteiger partial charge in [-0.25, -0.2) is 0 Å². The van der Waals surface area contributed by atoms with E-state index in [1.807, 2.05) is 6.20 Å². The lowest BCUT2D eigenvalue weighted by molar-refractivity contribution is 0.416. The van der Waals surface area contributed by atoms with Crippen molar-refractivity contribution in [3.8, 4) is 11.3 Å². The fourth-order valence-electron chi connectivity index (χ4n) is 2.48. The third-order valence-corrected chi connectivity index (χ3v) is 4.14. The van der Waals surface area contributed by atoms with Gasteiger partial charge in [-0.05, 0) is 22.9 Å². The monoisotopic (exact) mass is 280 g/mol. The summed E-state index contributed by atoms with van der Waals surface area (Å²) in [5, 5.41) is 7.26. The summed E-state index contributed by atoms with van der Waals surface area (Å²) in [4.78, 5) is 0. The van der Waals surface area contributed by atoms with Crippen LogP contribution >= 0.6 is 15.9 Å². The van der Waals surface area contributed by atoms with Gasteiger partial charge in [0.15, 0.2) is 4.67 Å². The number of hydrogen-bond acceptors (Lipinski definition) is 2. The van der Waals surface area contributed by atoms with E-state index in [1.165, 1.54) is 11.1 Å². The number of rotatable bonds is 0. The van der Waals surface area contributed by atoms with Gasteiger partial charge in [0.1, 0.15) is 5.76 Å². The number of hydrogen-bond donors (Lipinski definition) is 1. The van der Waals surface area contributed by atoms with Gasteiger partial charge < -0.3 is 4.42 Å². The number of aromatic nitrogens is 2. The standard InChI is InChI=1S/C12H13BrN2O/c1-6-9-8(16-11(6)13)4-12(2,3)7-5-14-15-10(7)9/h5H,4H2,1-3H3,(H,14,15). The second-order valence-corrected chi connectivity index (χ2v) is 5.74. The Balaban J connectivity index is 2.35. The van der Waals surface area contributed by atoms with Gasteiger partial charge >= 0.3 is 0 Å². The van der Waals surface area contributed by atoms with E-state index in [2.05, 4.69) is 46.9 Å². The summed E-state index contributed by atoms with van der Waals surface area (Å²) in [5.41, 5.74) is 4.79. The van der Waals surface area contributed by atoms with E-state index in [-0.39, 0.29) is 5.41 Å². The molecule has 2 aromatic rings. The first-order valence-corrected chi connectivity index (χ1v) is 6.12. The van der Waals surface area contributed by atoms with Crippen molar-refractivity contribution < 1.29 is 4.42 Å². The van der Waals surface area contributed by atoms with Gasteiger partial charge in [-0.3, -0.25) is 5.10 Å². The van der Waals surface area contributed by atoms with Gasteiger partial charge in [0.05, 0.1) is 11.9 Å². The van der Waals surface area contributed by atoms with Crippen LogP contribution in [0.25, 0.3) is 11.3 Å². The van der Waals surface area contributed by atoms with Crippen LogP contribution in [-0.4, -0.2) is 10.2 Å². The number of fused-ring (bicyclic) bond motifs is 3. The number of aromatic amines is 1. The predicted octanol–water partition coefficient (Wildman–Crippen LogP) is 3.57. The molecule has 0 bridgehead atoms. The molecule has 4 heteroatoms. The van der Waals surface area contributed by atoms with Gasteiger partial charge in [0.25, 0.3) is 0 Å². The second kappa shape index (κ2) is 3.00. The molecule has 2 aromatic heterocycles. The molecule has 1 aliphatic carbocycles. The van der Waals surface area contributed by atoms with Crippen molar-refractivity contribution in [2.45, 2.75) is 32.6 Å². The molecule has 0 fully saturated rings. The minimum atomic E-state index is 0.0824. The maximum absolute atomic E-state index is 5.77. The van der Waals surface area contributed by atoms with Gasteiger partial charge in [-0.15, -0.1) is 0 Å². The number of halogens is 1. The van der Waals surface area contributed by atoms with Crippen molar-refractivity contribution in [3.05, 3.63) is 27.8 Å². The molecule has 1 N–H and O–H groups in total. The Morgan fingerprint density at radius 2 is 2.25 bits per heavy atom. The number of furan rings is 1. The highest BCUT2D eigenvalue weighted by molar-refractivity contribution is 9.10. The van der Waals surface area contributed by atoms with Crippen molar-refractivity contribution in [3.63, 3.8) is 0 Å². The number of nitrogens with zero attached hydrogens (tertiary/aromatic N) is 1. The Labute approximate surface area is 102 Å². The summed E-state index contributed by atoms with van der Waals surface area (Å²) in [6.45, 7) is 6.50. The van der Waals surface area contributed by atoms with Crippen LogP contribution in [0, 0.1) is 6.92 Å². The van der Waals surface area contributed by atoms with Crippen LogP contribution < -0.4 is 0 Å². The maximum atomic E-state index is 5.77. The Hall–Kier alpha value is -1.03. The lowest BCUT2D eigenvalue weighted by Crippen LogP contribution is -2.24. The molecule has 2 heterocycles. The van der Waals surface area contributed by atoms with Gasteiger partial charge in [0.2, 0.25) is 0 Å². The molecule has 16 heavy (non-hydrogen) atoms. The van der Waals surface area contributed by atoms with Crippen molar-refractivity contribution in [2.24, 2.45) is 0 Å². The van der Waals surface area contributed by atoms with Gasteiger partial charge in [-0.2, -0.15) is 5.10 Å². The van der Waals surface area contributed by atoms with Crippen LogP contribution in [0.5, 0.6) is 0 Å². The summed E-state index contributed by atoms with van der Waals surface area (Å²) in [6, 6.07) is 0. The summed E-state index contributed by atoms with van der Waals surface area (Å²) < 4.78 is 6.60. The summed E-state index contributed by atoms with van der Waals surface area (Å²) in [7, 11) is 0. The topological polar surface area (TPSA) is 41.8 Å². The second-order valence-electron chi connectivity index (χ2n) is 5.02. The van der Waals surface area contributed by atoms with Crippen LogP contribution in [0.4, 0.5) is 0 Å². The first-order valence-electron chi connectivity index (χ1n) is 5.32. The fraction of sp³-hybridized carbons (Fsp3) is 0.417. The fourth-order valence-corrected chi connectivity index (χ4v) is 2.87. The van der Waals surface area contributed by atoms with Crippen molar-refractivity contribution in [1.29, 1.82) is 0 Å². The van der Waals surface area contributed by atoms with Crippen LogP contribution in [0.2, 0.25) is 0 Å². The van der Waals surface area contributed by atoms with E-state index < -0.39 is 0 Å². The molecule has 0 atom stereocenters. The molecule has 3 nitrogen and oxygen atoms in total. The average Bonchev–Trinajstić information content (AvgIpc) is 2.73. The molecule has 0 aliphatic heterocycles. The SMILES string of the molecule is Cc1c(Br)oc2c1-c1[nH]ncc1C(C)(C)C2. The molecular formula is C12H13BrN2O. The van der Waals surface area contributed by atoms with Crippen LogP contribution in [0.1, 0.15) is 30.7 Å². The van der Waals surface area contributed by atoms with Crippen molar-refractivity contribution >= 4 is 15.9 Å². The van der Waals surface area contributed by atoms with Gasteiger partial charge in [-0.1, -0.05) is 13.8 Å². The Morgan fingerprint density at radius 1 is 1.50 bits per heavy atom. The highest BCUT2D eigenvalue weighted by Gasteiger charge is 2.36. The quantitative estimate of drug-likeness (QED) is 0.802. The third kappa shape index (κ3) is 1.16. The lowest BCUT2D eigenvalue weighted by atomic mass is 9.75. The van der Waals surface area contributed by atoms with Gasteiger partial charge in [0, 0.05) is 28.5 Å². The van der Waals surface area contributed by atoms with Crippen molar-refractivity contribution in [2.75, 3.05) is 0 Å². The number of nitrogens with one attached hydrogen (secondary N) is 1. The Kier molecular flexibility index (Phi) is 1.90. The smallest absolute Gasteiger partial charge is 0.172 e. The van der Waals surface area contributed by atoms with Crippen molar-refractivity contribution in [1.82, 2.24) is 10.2 Å². The predicted molar refractivity (Wildman–Crippen MR) is 65.5 cm³/mol. The van der Waals surface area contributed by atoms with E-state index in [1.54, 1.807) is 0 Å². The minimum absolute atomic E-state index is 0.0824. The zero-order valence-electron chi connectivity index (χ0n) is 9.52. The molecule has 0 spiro atoms. The Bertz CT molecular complexity index is 566. The van der Waals surface area contributed by atoms with E-state index in [0.29, 0.717) is 0 Å². The van der Waals surface area contributed by atoms with Crippen LogP contribution in [0.15, 0.2) is 15.3 Å². The average molecular weight is 281 g/mol. The summed E-state index contributed by atoms with van der Waals surface area (Å²) in [5.74, 6) is 1.05. The molecule has 0 saturated carbocycles. The molecule has 0 radical (unpaired) electrons. The molecule has 3 rings (SSSR count). The molecule has 84 valence electrons. The number of H-pyrrole nitrogens is 1. The summed E-state index contributed by atoms with van der Waals surface area (Å²) in [6.07, 6.45) is 2.85. The molecule has 0 unspecified atom stereocenters. The molecule has 0 saturated heterocycles. The first-order chi connectivity index (χ1) is 7.50. The minimum Gasteiger partial charge on any atom is -0.453 e. The highest BCUT2D eigenvalue weighted by atomic mass is 79.9. The molecule has 0 amide bonds. The van der Waals surface area contributed by atoms with E-state index >= 15 is 0 Å². The molecule has 1 aliphatic rings. The zero-order valence-corrected chi connectivity index (χ0v) is 11.1.